The van der Waals surface area contributed by atoms with Gasteiger partial charge in [-0.05, 0) is 12.5 Å². The molecule has 0 heterocycles. The Balaban J connectivity index is 0.00000121. The number of nitrogens with two attached hydrogens (primary N) is 1. The summed E-state index contributed by atoms with van der Waals surface area (Å²) < 4.78 is 0. The fraction of sp³-hybridized carbons (Fsp3) is 0.222. The van der Waals surface area contributed by atoms with Crippen molar-refractivity contribution in [2.75, 3.05) is 0 Å². The van der Waals surface area contributed by atoms with Crippen LogP contribution in [0.3, 0.4) is 0 Å². The summed E-state index contributed by atoms with van der Waals surface area (Å²) in [7, 11) is 0. The number of aliphatic imine (C=N–C) groups is 1. The maximum atomic E-state index is 5.39. The summed E-state index contributed by atoms with van der Waals surface area (Å²) in [5.41, 5.74) is 6.58. The van der Waals surface area contributed by atoms with Gasteiger partial charge < -0.3 is 5.73 Å². The summed E-state index contributed by atoms with van der Waals surface area (Å²) in [4.78, 5) is 4.09. The third-order valence-corrected chi connectivity index (χ3v) is 1.35. The summed E-state index contributed by atoms with van der Waals surface area (Å²) in [5.74, 6) is 0.633. The van der Waals surface area contributed by atoms with Crippen molar-refractivity contribution < 1.29 is 0 Å². The number of rotatable bonds is 2. The average Bonchev–Trinajstić information content (AvgIpc) is 2.03. The van der Waals surface area contributed by atoms with Crippen LogP contribution in [0.15, 0.2) is 35.3 Å². The van der Waals surface area contributed by atoms with Crippen LogP contribution < -0.4 is 5.73 Å². The molecule has 0 unspecified atom stereocenters. The van der Waals surface area contributed by atoms with Crippen molar-refractivity contribution in [3.05, 3.63) is 35.9 Å². The molecule has 0 atom stereocenters. The van der Waals surface area contributed by atoms with Crippen molar-refractivity contribution in [2.24, 2.45) is 10.7 Å². The largest absolute Gasteiger partial charge is 0.388 e. The lowest BCUT2D eigenvalue weighted by molar-refractivity contribution is 1.06. The van der Waals surface area contributed by atoms with Gasteiger partial charge in [0.25, 0.3) is 0 Å². The number of nitrogens with zero attached hydrogens (tertiary/aromatic N) is 1. The third-order valence-electron chi connectivity index (χ3n) is 1.35. The molecule has 0 saturated carbocycles. The number of hydrogen-bond acceptors (Lipinski definition) is 1. The van der Waals surface area contributed by atoms with Crippen molar-refractivity contribution in [3.8, 4) is 0 Å². The maximum Gasteiger partial charge on any atom is 0.0909 e. The van der Waals surface area contributed by atoms with E-state index >= 15 is 0 Å². The van der Waals surface area contributed by atoms with Gasteiger partial charge in [0.15, 0.2) is 0 Å². The van der Waals surface area contributed by atoms with Gasteiger partial charge in [0, 0.05) is 0 Å². The zero-order valence-corrected chi connectivity index (χ0v) is 7.84. The first-order valence-corrected chi connectivity index (χ1v) is 3.59. The highest BCUT2D eigenvalue weighted by molar-refractivity contribution is 5.85. The van der Waals surface area contributed by atoms with E-state index in [9.17, 15) is 0 Å². The molecule has 0 fully saturated rings. The van der Waals surface area contributed by atoms with Crippen molar-refractivity contribution in [1.82, 2.24) is 0 Å². The monoisotopic (exact) mass is 184 g/mol. The molecule has 0 aliphatic rings. The lowest BCUT2D eigenvalue weighted by atomic mass is 10.2. The Morgan fingerprint density at radius 2 is 1.92 bits per heavy atom. The predicted octanol–water partition coefficient (Wildman–Crippen LogP) is 1.99. The lowest BCUT2D eigenvalue weighted by Gasteiger charge is -1.94. The molecular weight excluding hydrogens is 172 g/mol. The molecule has 12 heavy (non-hydrogen) atoms. The molecule has 66 valence electrons. The zero-order chi connectivity index (χ0) is 8.10. The van der Waals surface area contributed by atoms with Crippen molar-refractivity contribution in [1.29, 1.82) is 0 Å². The fourth-order valence-corrected chi connectivity index (χ4v) is 0.799. The number of halogens is 1. The highest BCUT2D eigenvalue weighted by atomic mass is 35.5. The van der Waals surface area contributed by atoms with E-state index < -0.39 is 0 Å². The number of hydrogen-bond donors (Lipinski definition) is 1. The molecule has 0 aliphatic heterocycles. The Bertz CT molecular complexity index is 240. The molecule has 1 rings (SSSR count). The van der Waals surface area contributed by atoms with Crippen LogP contribution in [0, 0.1) is 0 Å². The standard InChI is InChI=1S/C9H12N2.ClH/c1-8(10)11-7-9-5-3-2-4-6-9;/h2-6H,7H2,1H3,(H2,10,11);1H. The second kappa shape index (κ2) is 5.61. The van der Waals surface area contributed by atoms with Gasteiger partial charge in [-0.15, -0.1) is 12.4 Å². The van der Waals surface area contributed by atoms with Crippen LogP contribution in [-0.4, -0.2) is 5.84 Å². The van der Waals surface area contributed by atoms with Crippen molar-refractivity contribution in [3.63, 3.8) is 0 Å². The Labute approximate surface area is 78.9 Å². The summed E-state index contributed by atoms with van der Waals surface area (Å²) >= 11 is 0. The molecule has 0 aromatic heterocycles. The molecule has 0 aliphatic carbocycles. The van der Waals surface area contributed by atoms with Crippen molar-refractivity contribution >= 4 is 18.2 Å². The normalized spacial score (nSPS) is 10.6. The molecule has 2 nitrogen and oxygen atoms in total. The van der Waals surface area contributed by atoms with E-state index in [0.29, 0.717) is 12.4 Å². The number of amidine groups is 1. The number of benzene rings is 1. The maximum absolute atomic E-state index is 5.39. The van der Waals surface area contributed by atoms with Crippen LogP contribution in [0.4, 0.5) is 0 Å². The van der Waals surface area contributed by atoms with E-state index in [1.54, 1.807) is 6.92 Å². The molecule has 0 saturated heterocycles. The van der Waals surface area contributed by atoms with Crippen LogP contribution in [0.2, 0.25) is 0 Å². The summed E-state index contributed by atoms with van der Waals surface area (Å²) in [5, 5.41) is 0. The Morgan fingerprint density at radius 1 is 1.33 bits per heavy atom. The Morgan fingerprint density at radius 3 is 2.42 bits per heavy atom. The fourth-order valence-electron chi connectivity index (χ4n) is 0.799. The zero-order valence-electron chi connectivity index (χ0n) is 7.03. The summed E-state index contributed by atoms with van der Waals surface area (Å²) in [6.45, 7) is 2.48. The minimum Gasteiger partial charge on any atom is -0.388 e. The second-order valence-electron chi connectivity index (χ2n) is 2.44. The van der Waals surface area contributed by atoms with Gasteiger partial charge in [0.2, 0.25) is 0 Å². The Hall–Kier alpha value is -1.02. The first-order chi connectivity index (χ1) is 5.29. The highest BCUT2D eigenvalue weighted by Crippen LogP contribution is 1.99. The average molecular weight is 185 g/mol. The van der Waals surface area contributed by atoms with Gasteiger partial charge in [-0.25, -0.2) is 0 Å². The van der Waals surface area contributed by atoms with Crippen LogP contribution in [0.25, 0.3) is 0 Å². The molecule has 0 spiro atoms. The van der Waals surface area contributed by atoms with E-state index in [1.165, 1.54) is 5.56 Å². The van der Waals surface area contributed by atoms with Crippen LogP contribution in [0.1, 0.15) is 12.5 Å². The Kier molecular flexibility index (Phi) is 5.13. The van der Waals surface area contributed by atoms with E-state index in [1.807, 2.05) is 30.3 Å². The van der Waals surface area contributed by atoms with E-state index in [-0.39, 0.29) is 12.4 Å². The van der Waals surface area contributed by atoms with Crippen LogP contribution in [-0.2, 0) is 6.54 Å². The molecule has 1 aromatic rings. The van der Waals surface area contributed by atoms with Gasteiger partial charge in [-0.1, -0.05) is 30.3 Å². The van der Waals surface area contributed by atoms with Gasteiger partial charge in [-0.2, -0.15) is 0 Å². The predicted molar refractivity (Wildman–Crippen MR) is 54.7 cm³/mol. The molecule has 2 N–H and O–H groups in total. The highest BCUT2D eigenvalue weighted by Gasteiger charge is 1.86. The van der Waals surface area contributed by atoms with E-state index in [4.69, 9.17) is 5.73 Å². The molecule has 3 heteroatoms. The van der Waals surface area contributed by atoms with Gasteiger partial charge >= 0.3 is 0 Å². The molecule has 0 radical (unpaired) electrons. The lowest BCUT2D eigenvalue weighted by Crippen LogP contribution is -2.05. The molecular formula is C9H13ClN2. The third kappa shape index (κ3) is 3.98. The molecule has 0 bridgehead atoms. The van der Waals surface area contributed by atoms with Gasteiger partial charge in [-0.3, -0.25) is 4.99 Å². The molecule has 0 amide bonds. The SMILES string of the molecule is CC(N)=NCc1ccccc1.Cl. The van der Waals surface area contributed by atoms with E-state index in [0.717, 1.165) is 0 Å². The topological polar surface area (TPSA) is 38.4 Å². The van der Waals surface area contributed by atoms with Crippen molar-refractivity contribution in [2.45, 2.75) is 13.5 Å². The summed E-state index contributed by atoms with van der Waals surface area (Å²) in [6.07, 6.45) is 0. The minimum absolute atomic E-state index is 0. The van der Waals surface area contributed by atoms with Crippen LogP contribution in [0.5, 0.6) is 0 Å². The first-order valence-electron chi connectivity index (χ1n) is 3.59. The second-order valence-corrected chi connectivity index (χ2v) is 2.44. The smallest absolute Gasteiger partial charge is 0.0909 e. The quantitative estimate of drug-likeness (QED) is 0.554. The van der Waals surface area contributed by atoms with Gasteiger partial charge in [0.05, 0.1) is 12.4 Å². The van der Waals surface area contributed by atoms with E-state index in [2.05, 4.69) is 4.99 Å². The molecule has 1 aromatic carbocycles. The first kappa shape index (κ1) is 11.0. The summed E-state index contributed by atoms with van der Waals surface area (Å²) in [6, 6.07) is 10.1. The van der Waals surface area contributed by atoms with Crippen LogP contribution >= 0.6 is 12.4 Å². The minimum atomic E-state index is 0. The van der Waals surface area contributed by atoms with Gasteiger partial charge in [0.1, 0.15) is 0 Å².